The number of benzene rings is 1. The van der Waals surface area contributed by atoms with E-state index in [9.17, 15) is 0 Å². The van der Waals surface area contributed by atoms with Crippen LogP contribution in [0, 0.1) is 0 Å². The molecule has 0 amide bonds. The fraction of sp³-hybridized carbons (Fsp3) is 0.214. The molecule has 1 N–H and O–H groups in total. The van der Waals surface area contributed by atoms with Crippen LogP contribution >= 0.6 is 27.5 Å². The molecule has 1 heterocycles. The molecule has 2 rings (SSSR count). The lowest BCUT2D eigenvalue weighted by molar-refractivity contribution is 0.574. The van der Waals surface area contributed by atoms with E-state index in [1.54, 1.807) is 6.20 Å². The van der Waals surface area contributed by atoms with Gasteiger partial charge in [-0.2, -0.15) is 0 Å². The highest BCUT2D eigenvalue weighted by Crippen LogP contribution is 2.18. The van der Waals surface area contributed by atoms with E-state index >= 15 is 0 Å². The van der Waals surface area contributed by atoms with Crippen molar-refractivity contribution in [3.8, 4) is 0 Å². The summed E-state index contributed by atoms with van der Waals surface area (Å²) < 4.78 is 0.997. The molecule has 1 aromatic heterocycles. The normalized spacial score (nSPS) is 12.4. The van der Waals surface area contributed by atoms with Gasteiger partial charge in [-0.15, -0.1) is 0 Å². The van der Waals surface area contributed by atoms with Crippen LogP contribution in [-0.2, 0) is 6.54 Å². The van der Waals surface area contributed by atoms with Gasteiger partial charge in [-0.25, -0.2) is 0 Å². The number of nitrogens with zero attached hydrogens (tertiary/aromatic N) is 1. The fourth-order valence-electron chi connectivity index (χ4n) is 1.72. The van der Waals surface area contributed by atoms with Crippen LogP contribution in [0.15, 0.2) is 47.2 Å². The minimum absolute atomic E-state index is 0.252. The number of hydrogen-bond acceptors (Lipinski definition) is 2. The van der Waals surface area contributed by atoms with Crippen molar-refractivity contribution >= 4 is 27.5 Å². The molecule has 0 spiro atoms. The minimum atomic E-state index is 0.252. The number of pyridine rings is 1. The van der Waals surface area contributed by atoms with Crippen LogP contribution in [0.25, 0.3) is 0 Å². The van der Waals surface area contributed by atoms with Gasteiger partial charge in [0.1, 0.15) is 0 Å². The van der Waals surface area contributed by atoms with E-state index in [-0.39, 0.29) is 6.04 Å². The standard InChI is InChI=1S/C14H14BrClN2/c1-10(12-3-2-4-14(16)6-12)18-8-11-5-13(15)9-17-7-11/h2-7,9-10,18H,8H2,1H3. The summed E-state index contributed by atoms with van der Waals surface area (Å²) in [6.45, 7) is 2.90. The monoisotopic (exact) mass is 324 g/mol. The first-order chi connectivity index (χ1) is 8.65. The molecule has 2 nitrogen and oxygen atoms in total. The van der Waals surface area contributed by atoms with E-state index in [1.807, 2.05) is 24.4 Å². The zero-order chi connectivity index (χ0) is 13.0. The molecule has 0 aliphatic rings. The summed E-state index contributed by atoms with van der Waals surface area (Å²) in [4.78, 5) is 4.14. The van der Waals surface area contributed by atoms with Crippen molar-refractivity contribution in [2.24, 2.45) is 0 Å². The van der Waals surface area contributed by atoms with E-state index in [0.717, 1.165) is 21.6 Å². The topological polar surface area (TPSA) is 24.9 Å². The lowest BCUT2D eigenvalue weighted by Gasteiger charge is -2.14. The van der Waals surface area contributed by atoms with E-state index in [4.69, 9.17) is 11.6 Å². The maximum Gasteiger partial charge on any atom is 0.0410 e. The molecule has 0 aliphatic heterocycles. The van der Waals surface area contributed by atoms with E-state index in [0.29, 0.717) is 0 Å². The highest BCUT2D eigenvalue weighted by atomic mass is 79.9. The number of nitrogens with one attached hydrogen (secondary N) is 1. The largest absolute Gasteiger partial charge is 0.306 e. The molecule has 1 unspecified atom stereocenters. The molecule has 94 valence electrons. The van der Waals surface area contributed by atoms with E-state index in [1.165, 1.54) is 5.56 Å². The Labute approximate surface area is 121 Å². The quantitative estimate of drug-likeness (QED) is 0.904. The number of aromatic nitrogens is 1. The van der Waals surface area contributed by atoms with E-state index in [2.05, 4.69) is 45.3 Å². The SMILES string of the molecule is CC(NCc1cncc(Br)c1)c1cccc(Cl)c1. The second-order valence-electron chi connectivity index (χ2n) is 4.17. The summed E-state index contributed by atoms with van der Waals surface area (Å²) in [5.74, 6) is 0. The Morgan fingerprint density at radius 1 is 1.33 bits per heavy atom. The second-order valence-corrected chi connectivity index (χ2v) is 5.52. The first kappa shape index (κ1) is 13.5. The van der Waals surface area contributed by atoms with Gasteiger partial charge in [0.05, 0.1) is 0 Å². The number of halogens is 2. The first-order valence-corrected chi connectivity index (χ1v) is 6.90. The average molecular weight is 326 g/mol. The molecule has 0 aliphatic carbocycles. The lowest BCUT2D eigenvalue weighted by Crippen LogP contribution is -2.18. The van der Waals surface area contributed by atoms with Crippen molar-refractivity contribution in [1.82, 2.24) is 10.3 Å². The van der Waals surface area contributed by atoms with Gasteiger partial charge in [0.15, 0.2) is 0 Å². The summed E-state index contributed by atoms with van der Waals surface area (Å²) in [5.41, 5.74) is 2.34. The third-order valence-electron chi connectivity index (χ3n) is 2.72. The smallest absolute Gasteiger partial charge is 0.0410 e. The molecular formula is C14H14BrClN2. The van der Waals surface area contributed by atoms with Gasteiger partial charge >= 0.3 is 0 Å². The molecule has 0 bridgehead atoms. The van der Waals surface area contributed by atoms with Gasteiger partial charge in [-0.05, 0) is 52.2 Å². The summed E-state index contributed by atoms with van der Waals surface area (Å²) in [7, 11) is 0. The van der Waals surface area contributed by atoms with Crippen molar-refractivity contribution in [2.75, 3.05) is 0 Å². The van der Waals surface area contributed by atoms with Crippen LogP contribution in [0.5, 0.6) is 0 Å². The zero-order valence-electron chi connectivity index (χ0n) is 10.0. The molecule has 4 heteroatoms. The van der Waals surface area contributed by atoms with Crippen LogP contribution < -0.4 is 5.32 Å². The van der Waals surface area contributed by atoms with Gasteiger partial charge < -0.3 is 5.32 Å². The predicted octanol–water partition coefficient (Wildman–Crippen LogP) is 4.35. The molecule has 1 atom stereocenters. The van der Waals surface area contributed by atoms with Crippen LogP contribution in [0.2, 0.25) is 5.02 Å². The van der Waals surface area contributed by atoms with Crippen molar-refractivity contribution in [2.45, 2.75) is 19.5 Å². The molecule has 0 fully saturated rings. The Morgan fingerprint density at radius 3 is 2.89 bits per heavy atom. The number of rotatable bonds is 4. The lowest BCUT2D eigenvalue weighted by atomic mass is 10.1. The van der Waals surface area contributed by atoms with E-state index < -0.39 is 0 Å². The maximum absolute atomic E-state index is 5.98. The van der Waals surface area contributed by atoms with Crippen LogP contribution in [0.4, 0.5) is 0 Å². The molecular weight excluding hydrogens is 312 g/mol. The van der Waals surface area contributed by atoms with Gasteiger partial charge in [0.2, 0.25) is 0 Å². The summed E-state index contributed by atoms with van der Waals surface area (Å²) in [6, 6.07) is 10.2. The van der Waals surface area contributed by atoms with Crippen LogP contribution in [0.3, 0.4) is 0 Å². The molecule has 18 heavy (non-hydrogen) atoms. The van der Waals surface area contributed by atoms with Gasteiger partial charge in [-0.3, -0.25) is 4.98 Å². The fourth-order valence-corrected chi connectivity index (χ4v) is 2.33. The molecule has 2 aromatic rings. The predicted molar refractivity (Wildman–Crippen MR) is 78.6 cm³/mol. The second kappa shape index (κ2) is 6.32. The summed E-state index contributed by atoms with van der Waals surface area (Å²) in [5, 5.41) is 4.22. The molecule has 0 saturated carbocycles. The van der Waals surface area contributed by atoms with Gasteiger partial charge in [-0.1, -0.05) is 23.7 Å². The van der Waals surface area contributed by atoms with Crippen LogP contribution in [0.1, 0.15) is 24.1 Å². The molecule has 0 saturated heterocycles. The Kier molecular flexibility index (Phi) is 4.75. The first-order valence-electron chi connectivity index (χ1n) is 5.73. The number of hydrogen-bond donors (Lipinski definition) is 1. The van der Waals surface area contributed by atoms with Crippen molar-refractivity contribution in [3.63, 3.8) is 0 Å². The zero-order valence-corrected chi connectivity index (χ0v) is 12.4. The average Bonchev–Trinajstić information content (AvgIpc) is 2.36. The highest BCUT2D eigenvalue weighted by Gasteiger charge is 2.05. The molecule has 0 radical (unpaired) electrons. The summed E-state index contributed by atoms with van der Waals surface area (Å²) >= 11 is 9.40. The Hall–Kier alpha value is -0.900. The Balaban J connectivity index is 1.98. The van der Waals surface area contributed by atoms with Crippen molar-refractivity contribution < 1.29 is 0 Å². The van der Waals surface area contributed by atoms with Crippen LogP contribution in [-0.4, -0.2) is 4.98 Å². The van der Waals surface area contributed by atoms with Gasteiger partial charge in [0, 0.05) is 34.5 Å². The maximum atomic E-state index is 5.98. The van der Waals surface area contributed by atoms with Crippen molar-refractivity contribution in [3.05, 3.63) is 63.3 Å². The third kappa shape index (κ3) is 3.80. The highest BCUT2D eigenvalue weighted by molar-refractivity contribution is 9.10. The Bertz CT molecular complexity index is 531. The Morgan fingerprint density at radius 2 is 2.17 bits per heavy atom. The summed E-state index contributed by atoms with van der Waals surface area (Å²) in [6.07, 6.45) is 3.65. The van der Waals surface area contributed by atoms with Gasteiger partial charge in [0.25, 0.3) is 0 Å². The third-order valence-corrected chi connectivity index (χ3v) is 3.39. The van der Waals surface area contributed by atoms with Crippen molar-refractivity contribution in [1.29, 1.82) is 0 Å². The minimum Gasteiger partial charge on any atom is -0.306 e. The molecule has 1 aromatic carbocycles.